The Labute approximate surface area is 110 Å². The minimum Gasteiger partial charge on any atom is -0.378 e. The molecule has 0 bridgehead atoms. The molecule has 0 aromatic rings. The van der Waals surface area contributed by atoms with Gasteiger partial charge in [-0.15, -0.1) is 0 Å². The van der Waals surface area contributed by atoms with Crippen molar-refractivity contribution in [2.45, 2.75) is 51.7 Å². The Morgan fingerprint density at radius 1 is 1.28 bits per heavy atom. The number of amides is 1. The summed E-state index contributed by atoms with van der Waals surface area (Å²) in [6.07, 6.45) is 4.18. The summed E-state index contributed by atoms with van der Waals surface area (Å²) in [5.41, 5.74) is 0. The quantitative estimate of drug-likeness (QED) is 0.798. The summed E-state index contributed by atoms with van der Waals surface area (Å²) in [4.78, 5) is 12.2. The molecule has 0 aliphatic carbocycles. The van der Waals surface area contributed by atoms with Gasteiger partial charge in [0.15, 0.2) is 0 Å². The highest BCUT2D eigenvalue weighted by Crippen LogP contribution is 2.21. The van der Waals surface area contributed by atoms with Crippen molar-refractivity contribution in [3.63, 3.8) is 0 Å². The summed E-state index contributed by atoms with van der Waals surface area (Å²) in [5, 5.41) is 6.52. The monoisotopic (exact) mass is 254 g/mol. The van der Waals surface area contributed by atoms with Gasteiger partial charge in [0.2, 0.25) is 5.91 Å². The number of nitrogens with one attached hydrogen (secondary N) is 2. The molecule has 2 atom stereocenters. The van der Waals surface area contributed by atoms with Gasteiger partial charge in [0.05, 0.1) is 6.10 Å². The van der Waals surface area contributed by atoms with Gasteiger partial charge in [-0.3, -0.25) is 4.79 Å². The van der Waals surface area contributed by atoms with Gasteiger partial charge < -0.3 is 15.4 Å². The van der Waals surface area contributed by atoms with E-state index in [1.54, 1.807) is 0 Å². The fourth-order valence-corrected chi connectivity index (χ4v) is 2.83. The number of carbonyl (C=O) groups excluding carboxylic acids is 1. The lowest BCUT2D eigenvalue weighted by molar-refractivity contribution is -0.127. The Bertz CT molecular complexity index is 275. The Morgan fingerprint density at radius 3 is 2.67 bits per heavy atom. The SMILES string of the molecule is CC(C)C1CC(NC(=O)C2CCNCC2)CCO1. The van der Waals surface area contributed by atoms with E-state index in [-0.39, 0.29) is 11.8 Å². The maximum Gasteiger partial charge on any atom is 0.223 e. The summed E-state index contributed by atoms with van der Waals surface area (Å²) in [7, 11) is 0. The summed E-state index contributed by atoms with van der Waals surface area (Å²) in [6, 6.07) is 0.313. The molecule has 0 radical (unpaired) electrons. The number of hydrogen-bond donors (Lipinski definition) is 2. The molecule has 0 saturated carbocycles. The lowest BCUT2D eigenvalue weighted by Gasteiger charge is -2.33. The first-order valence-electron chi connectivity index (χ1n) is 7.29. The molecule has 2 aliphatic heterocycles. The predicted octanol–water partition coefficient (Wildman–Crippen LogP) is 1.31. The molecule has 2 heterocycles. The molecule has 2 unspecified atom stereocenters. The zero-order valence-electron chi connectivity index (χ0n) is 11.6. The summed E-state index contributed by atoms with van der Waals surface area (Å²) in [6.45, 7) is 7.09. The van der Waals surface area contributed by atoms with Gasteiger partial charge in [-0.05, 0) is 44.7 Å². The van der Waals surface area contributed by atoms with Crippen LogP contribution in [-0.2, 0) is 9.53 Å². The van der Waals surface area contributed by atoms with Crippen LogP contribution in [0.2, 0.25) is 0 Å². The highest BCUT2D eigenvalue weighted by Gasteiger charge is 2.28. The van der Waals surface area contributed by atoms with Gasteiger partial charge in [0.25, 0.3) is 0 Å². The summed E-state index contributed by atoms with van der Waals surface area (Å²) < 4.78 is 5.74. The average molecular weight is 254 g/mol. The van der Waals surface area contributed by atoms with Crippen molar-refractivity contribution >= 4 is 5.91 Å². The second kappa shape index (κ2) is 6.53. The first-order chi connectivity index (χ1) is 8.66. The van der Waals surface area contributed by atoms with Crippen molar-refractivity contribution in [1.82, 2.24) is 10.6 Å². The molecule has 104 valence electrons. The van der Waals surface area contributed by atoms with Crippen LogP contribution in [0.3, 0.4) is 0 Å². The third kappa shape index (κ3) is 3.69. The van der Waals surface area contributed by atoms with Gasteiger partial charge in [-0.1, -0.05) is 13.8 Å². The van der Waals surface area contributed by atoms with E-state index in [0.29, 0.717) is 18.1 Å². The number of piperidine rings is 1. The third-order valence-corrected chi connectivity index (χ3v) is 4.11. The van der Waals surface area contributed by atoms with E-state index in [1.807, 2.05) is 0 Å². The number of ether oxygens (including phenoxy) is 1. The van der Waals surface area contributed by atoms with E-state index < -0.39 is 0 Å². The number of carbonyl (C=O) groups is 1. The van der Waals surface area contributed by atoms with Crippen LogP contribution in [0.5, 0.6) is 0 Å². The predicted molar refractivity (Wildman–Crippen MR) is 71.3 cm³/mol. The van der Waals surface area contributed by atoms with Gasteiger partial charge in [0, 0.05) is 18.6 Å². The normalized spacial score (nSPS) is 30.4. The largest absolute Gasteiger partial charge is 0.378 e. The molecular weight excluding hydrogens is 228 g/mol. The molecule has 0 aromatic carbocycles. The molecule has 0 spiro atoms. The van der Waals surface area contributed by atoms with Crippen LogP contribution in [0, 0.1) is 11.8 Å². The topological polar surface area (TPSA) is 50.4 Å². The van der Waals surface area contributed by atoms with Crippen molar-refractivity contribution in [2.75, 3.05) is 19.7 Å². The Morgan fingerprint density at radius 2 is 2.00 bits per heavy atom. The fourth-order valence-electron chi connectivity index (χ4n) is 2.83. The van der Waals surface area contributed by atoms with Crippen molar-refractivity contribution in [2.24, 2.45) is 11.8 Å². The zero-order valence-corrected chi connectivity index (χ0v) is 11.6. The van der Waals surface area contributed by atoms with Gasteiger partial charge in [-0.25, -0.2) is 0 Å². The van der Waals surface area contributed by atoms with E-state index in [2.05, 4.69) is 24.5 Å². The van der Waals surface area contributed by atoms with Gasteiger partial charge in [0.1, 0.15) is 0 Å². The van der Waals surface area contributed by atoms with Gasteiger partial charge >= 0.3 is 0 Å². The lowest BCUT2D eigenvalue weighted by Crippen LogP contribution is -2.47. The van der Waals surface area contributed by atoms with E-state index >= 15 is 0 Å². The summed E-state index contributed by atoms with van der Waals surface area (Å²) >= 11 is 0. The Balaban J connectivity index is 1.79. The number of hydrogen-bond acceptors (Lipinski definition) is 3. The maximum absolute atomic E-state index is 12.2. The first kappa shape index (κ1) is 13.8. The van der Waals surface area contributed by atoms with Crippen molar-refractivity contribution in [3.05, 3.63) is 0 Å². The molecular formula is C14H26N2O2. The van der Waals surface area contributed by atoms with Crippen LogP contribution < -0.4 is 10.6 Å². The molecule has 0 aromatic heterocycles. The molecule has 2 rings (SSSR count). The Hall–Kier alpha value is -0.610. The molecule has 2 saturated heterocycles. The van der Waals surface area contributed by atoms with Gasteiger partial charge in [-0.2, -0.15) is 0 Å². The molecule has 4 nitrogen and oxygen atoms in total. The minimum atomic E-state index is 0.214. The summed E-state index contributed by atoms with van der Waals surface area (Å²) in [5.74, 6) is 1.00. The number of rotatable bonds is 3. The molecule has 2 fully saturated rings. The minimum absolute atomic E-state index is 0.214. The third-order valence-electron chi connectivity index (χ3n) is 4.11. The molecule has 2 N–H and O–H groups in total. The molecule has 2 aliphatic rings. The Kier molecular flexibility index (Phi) is 5.01. The molecule has 18 heavy (non-hydrogen) atoms. The zero-order chi connectivity index (χ0) is 13.0. The standard InChI is InChI=1S/C14H26N2O2/c1-10(2)13-9-12(5-8-18-13)16-14(17)11-3-6-15-7-4-11/h10-13,15H,3-9H2,1-2H3,(H,16,17). The highest BCUT2D eigenvalue weighted by molar-refractivity contribution is 5.79. The molecule has 4 heteroatoms. The van der Waals surface area contributed by atoms with Crippen LogP contribution in [0.4, 0.5) is 0 Å². The maximum atomic E-state index is 12.2. The van der Waals surface area contributed by atoms with Crippen LogP contribution in [0.1, 0.15) is 39.5 Å². The second-order valence-electron chi connectivity index (χ2n) is 5.91. The van der Waals surface area contributed by atoms with E-state index in [1.165, 1.54) is 0 Å². The van der Waals surface area contributed by atoms with Crippen molar-refractivity contribution in [3.8, 4) is 0 Å². The van der Waals surface area contributed by atoms with Crippen molar-refractivity contribution in [1.29, 1.82) is 0 Å². The van der Waals surface area contributed by atoms with E-state index in [4.69, 9.17) is 4.74 Å². The van der Waals surface area contributed by atoms with Crippen LogP contribution in [0.25, 0.3) is 0 Å². The first-order valence-corrected chi connectivity index (χ1v) is 7.29. The van der Waals surface area contributed by atoms with Crippen molar-refractivity contribution < 1.29 is 9.53 Å². The highest BCUT2D eigenvalue weighted by atomic mass is 16.5. The lowest BCUT2D eigenvalue weighted by atomic mass is 9.93. The van der Waals surface area contributed by atoms with E-state index in [9.17, 15) is 4.79 Å². The molecule has 1 amide bonds. The van der Waals surface area contributed by atoms with Crippen LogP contribution in [-0.4, -0.2) is 37.7 Å². The second-order valence-corrected chi connectivity index (χ2v) is 5.91. The van der Waals surface area contributed by atoms with E-state index in [0.717, 1.165) is 45.4 Å². The fraction of sp³-hybridized carbons (Fsp3) is 0.929. The smallest absolute Gasteiger partial charge is 0.223 e. The average Bonchev–Trinajstić information content (AvgIpc) is 2.40. The van der Waals surface area contributed by atoms with Crippen LogP contribution in [0.15, 0.2) is 0 Å². The van der Waals surface area contributed by atoms with Crippen LogP contribution >= 0.6 is 0 Å².